The predicted octanol–water partition coefficient (Wildman–Crippen LogP) is 4.83. The molecule has 0 spiro atoms. The second kappa shape index (κ2) is 12.4. The lowest BCUT2D eigenvalue weighted by atomic mass is 10.0. The summed E-state index contributed by atoms with van der Waals surface area (Å²) in [4.78, 5) is 13.2. The summed E-state index contributed by atoms with van der Waals surface area (Å²) < 4.78 is 30.1. The number of aromatic hydroxyl groups is 1. The average Bonchev–Trinajstić information content (AvgIpc) is 3.54. The molecule has 0 saturated carbocycles. The molecule has 9 heteroatoms. The van der Waals surface area contributed by atoms with E-state index in [9.17, 15) is 9.90 Å². The highest BCUT2D eigenvalue weighted by Crippen LogP contribution is 2.51. The molecule has 228 valence electrons. The molecule has 4 aromatic rings. The van der Waals surface area contributed by atoms with E-state index in [-0.39, 0.29) is 54.1 Å². The number of benzene rings is 4. The molecular formula is C35H37NO7Si. The van der Waals surface area contributed by atoms with Gasteiger partial charge in [-0.15, -0.1) is 0 Å². The fraction of sp³-hybridized carbons (Fsp3) is 0.286. The predicted molar refractivity (Wildman–Crippen MR) is 169 cm³/mol. The van der Waals surface area contributed by atoms with Gasteiger partial charge in [-0.3, -0.25) is 5.32 Å². The summed E-state index contributed by atoms with van der Waals surface area (Å²) in [6.45, 7) is 7.29. The molecule has 4 aromatic carbocycles. The Balaban J connectivity index is 1.29. The van der Waals surface area contributed by atoms with Crippen molar-refractivity contribution in [1.29, 1.82) is 0 Å². The van der Waals surface area contributed by atoms with Crippen LogP contribution >= 0.6 is 0 Å². The minimum atomic E-state index is -2.81. The van der Waals surface area contributed by atoms with Crippen molar-refractivity contribution < 1.29 is 33.3 Å². The van der Waals surface area contributed by atoms with Gasteiger partial charge in [-0.1, -0.05) is 112 Å². The first kappa shape index (κ1) is 29.7. The zero-order chi connectivity index (χ0) is 30.7. The van der Waals surface area contributed by atoms with Crippen molar-refractivity contribution in [2.45, 2.75) is 44.5 Å². The summed E-state index contributed by atoms with van der Waals surface area (Å²) >= 11 is 0. The summed E-state index contributed by atoms with van der Waals surface area (Å²) in [6.07, 6.45) is 0. The van der Waals surface area contributed by atoms with Crippen LogP contribution < -0.4 is 29.9 Å². The van der Waals surface area contributed by atoms with Gasteiger partial charge in [-0.2, -0.15) is 0 Å². The van der Waals surface area contributed by atoms with E-state index in [1.807, 2.05) is 42.5 Å². The lowest BCUT2D eigenvalue weighted by Crippen LogP contribution is -2.67. The zero-order valence-electron chi connectivity index (χ0n) is 25.1. The minimum Gasteiger partial charge on any atom is -0.502 e. The van der Waals surface area contributed by atoms with Crippen molar-refractivity contribution in [2.75, 3.05) is 20.0 Å². The van der Waals surface area contributed by atoms with E-state index < -0.39 is 20.3 Å². The van der Waals surface area contributed by atoms with Crippen LogP contribution in [0.4, 0.5) is 0 Å². The third-order valence-electron chi connectivity index (χ3n) is 8.14. The van der Waals surface area contributed by atoms with Gasteiger partial charge in [0.2, 0.25) is 18.3 Å². The Morgan fingerprint density at radius 1 is 0.864 bits per heavy atom. The van der Waals surface area contributed by atoms with Gasteiger partial charge in [0, 0.05) is 5.56 Å². The molecule has 2 aliphatic heterocycles. The number of hydrogen-bond donors (Lipinski definition) is 2. The van der Waals surface area contributed by atoms with E-state index in [1.165, 1.54) is 10.4 Å². The van der Waals surface area contributed by atoms with Crippen LogP contribution in [-0.2, 0) is 20.6 Å². The molecule has 0 radical (unpaired) electrons. The summed E-state index contributed by atoms with van der Waals surface area (Å²) in [6, 6.07) is 30.9. The topological polar surface area (TPSA) is 95.5 Å². The molecule has 0 aromatic heterocycles. The number of fused-ring (bicyclic) bond motifs is 1. The van der Waals surface area contributed by atoms with Gasteiger partial charge in [0.25, 0.3) is 8.32 Å². The Morgan fingerprint density at radius 3 is 2.07 bits per heavy atom. The van der Waals surface area contributed by atoms with Crippen molar-refractivity contribution >= 4 is 24.7 Å². The smallest absolute Gasteiger partial charge is 0.328 e. The number of cyclic esters (lactones) is 1. The van der Waals surface area contributed by atoms with E-state index in [4.69, 9.17) is 23.4 Å². The Hall–Kier alpha value is -4.31. The van der Waals surface area contributed by atoms with Gasteiger partial charge in [0.1, 0.15) is 19.3 Å². The van der Waals surface area contributed by atoms with Crippen LogP contribution in [0.25, 0.3) is 0 Å². The summed E-state index contributed by atoms with van der Waals surface area (Å²) in [5.41, 5.74) is 1.40. The van der Waals surface area contributed by atoms with Gasteiger partial charge in [0.05, 0.1) is 12.6 Å². The summed E-state index contributed by atoms with van der Waals surface area (Å²) in [7, 11) is -2.81. The number of esters is 1. The van der Waals surface area contributed by atoms with Gasteiger partial charge >= 0.3 is 5.97 Å². The standard InChI is InChI=1S/C35H37NO7Si/c1-35(2,3)44(26-15-9-5-10-16-26,27-17-11-6-12-18-27)43-22-25-21-40-34(38)30(36-25)28-19-29(31(37)33-32(28)41-23-42-33)39-20-24-13-7-4-8-14-24/h4-19,25,30,36-37H,20-23H2,1-3H3/t25-,30+/m0/s1. The maximum atomic E-state index is 13.2. The molecule has 2 aliphatic rings. The van der Waals surface area contributed by atoms with Crippen LogP contribution in [0.1, 0.15) is 37.9 Å². The molecular weight excluding hydrogens is 574 g/mol. The quantitative estimate of drug-likeness (QED) is 0.205. The molecule has 0 unspecified atom stereocenters. The normalized spacial score (nSPS) is 18.1. The summed E-state index contributed by atoms with van der Waals surface area (Å²) in [5.74, 6) is -0.00572. The first-order chi connectivity index (χ1) is 21.3. The molecule has 1 saturated heterocycles. The fourth-order valence-corrected chi connectivity index (χ4v) is 10.6. The van der Waals surface area contributed by atoms with Crippen LogP contribution in [-0.4, -0.2) is 45.4 Å². The molecule has 8 nitrogen and oxygen atoms in total. The molecule has 0 bridgehead atoms. The third-order valence-corrected chi connectivity index (χ3v) is 13.1. The van der Waals surface area contributed by atoms with Crippen LogP contribution in [0.5, 0.6) is 23.0 Å². The summed E-state index contributed by atoms with van der Waals surface area (Å²) in [5, 5.41) is 16.5. The van der Waals surface area contributed by atoms with E-state index in [1.54, 1.807) is 6.07 Å². The van der Waals surface area contributed by atoms with E-state index >= 15 is 0 Å². The number of nitrogens with one attached hydrogen (secondary N) is 1. The Morgan fingerprint density at radius 2 is 1.45 bits per heavy atom. The Bertz CT molecular complexity index is 1550. The molecule has 2 N–H and O–H groups in total. The fourth-order valence-electron chi connectivity index (χ4n) is 6.03. The maximum Gasteiger partial charge on any atom is 0.328 e. The number of phenols is 1. The first-order valence-corrected chi connectivity index (χ1v) is 16.7. The SMILES string of the molecule is CC(C)(C)[Si](OC[C@@H]1COC(=O)[C@@H](c2cc(OCc3ccccc3)c(O)c3c2OCO3)N1)(c1ccccc1)c1ccccc1. The number of rotatable bonds is 9. The lowest BCUT2D eigenvalue weighted by molar-refractivity contribution is -0.152. The van der Waals surface area contributed by atoms with Crippen molar-refractivity contribution in [3.8, 4) is 23.0 Å². The Labute approximate surface area is 258 Å². The van der Waals surface area contributed by atoms with Crippen molar-refractivity contribution in [3.05, 3.63) is 108 Å². The van der Waals surface area contributed by atoms with Crippen LogP contribution in [0.3, 0.4) is 0 Å². The minimum absolute atomic E-state index is 0.0831. The highest BCUT2D eigenvalue weighted by molar-refractivity contribution is 6.99. The van der Waals surface area contributed by atoms with E-state index in [0.717, 1.165) is 5.56 Å². The molecule has 44 heavy (non-hydrogen) atoms. The highest BCUT2D eigenvalue weighted by Gasteiger charge is 2.51. The van der Waals surface area contributed by atoms with Crippen molar-refractivity contribution in [2.24, 2.45) is 0 Å². The largest absolute Gasteiger partial charge is 0.502 e. The number of carbonyl (C=O) groups excluding carboxylic acids is 1. The maximum absolute atomic E-state index is 13.2. The van der Waals surface area contributed by atoms with Gasteiger partial charge < -0.3 is 28.5 Å². The molecule has 1 fully saturated rings. The number of hydrogen-bond acceptors (Lipinski definition) is 8. The van der Waals surface area contributed by atoms with E-state index in [0.29, 0.717) is 12.2 Å². The number of morpholine rings is 1. The Kier molecular flexibility index (Phi) is 8.35. The second-order valence-corrected chi connectivity index (χ2v) is 16.4. The molecule has 2 heterocycles. The average molecular weight is 612 g/mol. The molecule has 6 rings (SSSR count). The lowest BCUT2D eigenvalue weighted by Gasteiger charge is -2.44. The van der Waals surface area contributed by atoms with E-state index in [2.05, 4.69) is 74.6 Å². The van der Waals surface area contributed by atoms with Gasteiger partial charge in [0.15, 0.2) is 11.5 Å². The van der Waals surface area contributed by atoms with Gasteiger partial charge in [-0.05, 0) is 27.0 Å². The number of carbonyl (C=O) groups is 1. The van der Waals surface area contributed by atoms with Crippen molar-refractivity contribution in [1.82, 2.24) is 5.32 Å². The van der Waals surface area contributed by atoms with Crippen LogP contribution in [0.2, 0.25) is 5.04 Å². The van der Waals surface area contributed by atoms with Crippen LogP contribution in [0, 0.1) is 0 Å². The van der Waals surface area contributed by atoms with Crippen LogP contribution in [0.15, 0.2) is 97.1 Å². The highest BCUT2D eigenvalue weighted by atomic mass is 28.4. The zero-order valence-corrected chi connectivity index (χ0v) is 26.1. The number of ether oxygens (including phenoxy) is 4. The molecule has 2 atom stereocenters. The molecule has 0 aliphatic carbocycles. The monoisotopic (exact) mass is 611 g/mol. The molecule has 0 amide bonds. The third kappa shape index (κ3) is 5.66. The van der Waals surface area contributed by atoms with Gasteiger partial charge in [-0.25, -0.2) is 4.79 Å². The number of phenolic OH excluding ortho intramolecular Hbond substituents is 1. The van der Waals surface area contributed by atoms with Crippen molar-refractivity contribution in [3.63, 3.8) is 0 Å². The first-order valence-electron chi connectivity index (χ1n) is 14.8. The second-order valence-electron chi connectivity index (χ2n) is 12.1.